The highest BCUT2D eigenvalue weighted by Crippen LogP contribution is 2.28. The van der Waals surface area contributed by atoms with Gasteiger partial charge in [-0.25, -0.2) is 9.97 Å². The van der Waals surface area contributed by atoms with E-state index in [1.54, 1.807) is 11.8 Å². The van der Waals surface area contributed by atoms with Crippen molar-refractivity contribution in [2.24, 2.45) is 5.73 Å². The van der Waals surface area contributed by atoms with Crippen molar-refractivity contribution in [2.45, 2.75) is 13.0 Å². The summed E-state index contributed by atoms with van der Waals surface area (Å²) in [6.07, 6.45) is 5.21. The molecular weight excluding hydrogens is 300 g/mol. The summed E-state index contributed by atoms with van der Waals surface area (Å²) in [7, 11) is 0. The van der Waals surface area contributed by atoms with Crippen molar-refractivity contribution in [3.05, 3.63) is 29.7 Å². The van der Waals surface area contributed by atoms with Gasteiger partial charge in [-0.2, -0.15) is 0 Å². The molecule has 1 amide bonds. The van der Waals surface area contributed by atoms with Crippen LogP contribution in [0.5, 0.6) is 0 Å². The summed E-state index contributed by atoms with van der Waals surface area (Å²) in [5.74, 6) is 1.54. The third-order valence-electron chi connectivity index (χ3n) is 3.42. The summed E-state index contributed by atoms with van der Waals surface area (Å²) < 4.78 is 0. The van der Waals surface area contributed by atoms with E-state index in [0.29, 0.717) is 11.4 Å². The smallest absolute Gasteiger partial charge is 0.259 e. The van der Waals surface area contributed by atoms with E-state index >= 15 is 0 Å². The number of carbonyl (C=O) groups is 1. The Labute approximate surface area is 132 Å². The normalized spacial score (nSPS) is 16.5. The number of rotatable bonds is 4. The minimum absolute atomic E-state index is 0.0418. The number of aromatic amines is 1. The minimum atomic E-state index is -0.0907. The Morgan fingerprint density at radius 2 is 2.45 bits per heavy atom. The number of fused-ring (bicyclic) bond motifs is 1. The molecule has 3 heterocycles. The third-order valence-corrected chi connectivity index (χ3v) is 4.41. The Bertz CT molecular complexity index is 712. The Kier molecular flexibility index (Phi) is 4.30. The fraction of sp³-hybridized carbons (Fsp3) is 0.357. The topological polar surface area (TPSA) is 99.9 Å². The molecule has 4 N–H and O–H groups in total. The Morgan fingerprint density at radius 1 is 1.59 bits per heavy atom. The zero-order valence-electron chi connectivity index (χ0n) is 12.2. The van der Waals surface area contributed by atoms with Crippen LogP contribution < -0.4 is 16.0 Å². The molecule has 0 radical (unpaired) electrons. The van der Waals surface area contributed by atoms with Crippen LogP contribution in [0.15, 0.2) is 29.7 Å². The van der Waals surface area contributed by atoms with Crippen molar-refractivity contribution in [1.29, 1.82) is 0 Å². The summed E-state index contributed by atoms with van der Waals surface area (Å²) >= 11 is 1.55. The molecule has 1 aliphatic heterocycles. The van der Waals surface area contributed by atoms with E-state index in [2.05, 4.69) is 20.3 Å². The maximum absolute atomic E-state index is 12.2. The molecule has 0 bridgehead atoms. The molecule has 0 unspecified atom stereocenters. The predicted octanol–water partition coefficient (Wildman–Crippen LogP) is 0.816. The Hall–Kier alpha value is -2.06. The summed E-state index contributed by atoms with van der Waals surface area (Å²) in [4.78, 5) is 26.5. The van der Waals surface area contributed by atoms with Gasteiger partial charge in [-0.15, -0.1) is 11.8 Å². The average molecular weight is 318 g/mol. The van der Waals surface area contributed by atoms with Crippen molar-refractivity contribution in [1.82, 2.24) is 20.3 Å². The highest BCUT2D eigenvalue weighted by Gasteiger charge is 2.21. The van der Waals surface area contributed by atoms with Crippen LogP contribution in [0.25, 0.3) is 11.0 Å². The lowest BCUT2D eigenvalue weighted by atomic mass is 10.3. The molecule has 2 aromatic heterocycles. The number of aromatic nitrogens is 3. The van der Waals surface area contributed by atoms with Crippen LogP contribution in [0, 0.1) is 0 Å². The van der Waals surface area contributed by atoms with E-state index in [4.69, 9.17) is 5.73 Å². The van der Waals surface area contributed by atoms with Crippen molar-refractivity contribution in [2.75, 3.05) is 23.7 Å². The lowest BCUT2D eigenvalue weighted by Gasteiger charge is -2.26. The van der Waals surface area contributed by atoms with Gasteiger partial charge in [0.05, 0.1) is 10.3 Å². The standard InChI is InChI=1S/C14H18N6OS/c1-9(6-15)19-14(21)11-7-20(4-5-22-11)13-10-2-3-16-12(10)17-8-18-13/h2-3,7-9H,4-6,15H2,1H3,(H,19,21)(H,16,17,18)/t9-/m0/s1. The van der Waals surface area contributed by atoms with Crippen LogP contribution >= 0.6 is 11.8 Å². The number of H-pyrrole nitrogens is 1. The highest BCUT2D eigenvalue weighted by atomic mass is 32.2. The van der Waals surface area contributed by atoms with Gasteiger partial charge in [0.1, 0.15) is 17.8 Å². The first-order chi connectivity index (χ1) is 10.7. The number of hydrogen-bond acceptors (Lipinski definition) is 6. The van der Waals surface area contributed by atoms with Gasteiger partial charge in [0.15, 0.2) is 0 Å². The predicted molar refractivity (Wildman–Crippen MR) is 88.4 cm³/mol. The zero-order chi connectivity index (χ0) is 15.5. The van der Waals surface area contributed by atoms with Gasteiger partial charge in [0.25, 0.3) is 5.91 Å². The Morgan fingerprint density at radius 3 is 3.27 bits per heavy atom. The van der Waals surface area contributed by atoms with Gasteiger partial charge in [-0.3, -0.25) is 4.79 Å². The molecule has 8 heteroatoms. The summed E-state index contributed by atoms with van der Waals surface area (Å²) in [6.45, 7) is 3.10. The van der Waals surface area contributed by atoms with Crippen LogP contribution in [-0.4, -0.2) is 45.7 Å². The second-order valence-electron chi connectivity index (χ2n) is 5.08. The van der Waals surface area contributed by atoms with Crippen molar-refractivity contribution in [3.63, 3.8) is 0 Å². The SMILES string of the molecule is C[C@@H](CN)NC(=O)C1=CN(c2ncnc3[nH]ccc23)CCS1. The molecule has 0 spiro atoms. The van der Waals surface area contributed by atoms with E-state index in [0.717, 1.165) is 29.1 Å². The first kappa shape index (κ1) is 14.9. The molecule has 2 aromatic rings. The van der Waals surface area contributed by atoms with Crippen LogP contribution in [0.4, 0.5) is 5.82 Å². The fourth-order valence-corrected chi connectivity index (χ4v) is 3.13. The van der Waals surface area contributed by atoms with Crippen LogP contribution in [0.1, 0.15) is 6.92 Å². The van der Waals surface area contributed by atoms with E-state index in [1.165, 1.54) is 6.33 Å². The molecule has 0 saturated carbocycles. The number of nitrogens with two attached hydrogens (primary N) is 1. The molecule has 1 aliphatic rings. The van der Waals surface area contributed by atoms with Gasteiger partial charge in [0, 0.05) is 37.3 Å². The number of nitrogens with one attached hydrogen (secondary N) is 2. The maximum Gasteiger partial charge on any atom is 0.259 e. The molecule has 0 fully saturated rings. The second kappa shape index (κ2) is 6.37. The highest BCUT2D eigenvalue weighted by molar-refractivity contribution is 8.04. The van der Waals surface area contributed by atoms with Gasteiger partial charge in [0.2, 0.25) is 0 Å². The summed E-state index contributed by atoms with van der Waals surface area (Å²) in [5, 5.41) is 3.83. The van der Waals surface area contributed by atoms with E-state index in [9.17, 15) is 4.79 Å². The minimum Gasteiger partial charge on any atom is -0.348 e. The molecule has 1 atom stereocenters. The molecule has 0 saturated heterocycles. The monoisotopic (exact) mass is 318 g/mol. The number of thioether (sulfide) groups is 1. The number of anilines is 1. The number of hydrogen-bond donors (Lipinski definition) is 3. The maximum atomic E-state index is 12.2. The first-order valence-electron chi connectivity index (χ1n) is 7.09. The van der Waals surface area contributed by atoms with Gasteiger partial charge in [-0.05, 0) is 13.0 Å². The third kappa shape index (κ3) is 2.93. The Balaban J connectivity index is 1.87. The lowest BCUT2D eigenvalue weighted by molar-refractivity contribution is -0.117. The van der Waals surface area contributed by atoms with Crippen molar-refractivity contribution >= 4 is 34.5 Å². The largest absolute Gasteiger partial charge is 0.348 e. The zero-order valence-corrected chi connectivity index (χ0v) is 13.1. The van der Waals surface area contributed by atoms with E-state index in [1.807, 2.05) is 30.3 Å². The second-order valence-corrected chi connectivity index (χ2v) is 6.22. The summed E-state index contributed by atoms with van der Waals surface area (Å²) in [5.41, 5.74) is 6.34. The number of amides is 1. The molecule has 0 aromatic carbocycles. The van der Waals surface area contributed by atoms with Gasteiger partial charge < -0.3 is 20.9 Å². The van der Waals surface area contributed by atoms with E-state index < -0.39 is 0 Å². The molecule has 0 aliphatic carbocycles. The summed E-state index contributed by atoms with van der Waals surface area (Å²) in [6, 6.07) is 1.90. The van der Waals surface area contributed by atoms with Crippen LogP contribution in [0.2, 0.25) is 0 Å². The number of nitrogens with zero attached hydrogens (tertiary/aromatic N) is 3. The molecular formula is C14H18N6OS. The van der Waals surface area contributed by atoms with E-state index in [-0.39, 0.29) is 11.9 Å². The first-order valence-corrected chi connectivity index (χ1v) is 8.08. The van der Waals surface area contributed by atoms with Crippen LogP contribution in [0.3, 0.4) is 0 Å². The quantitative estimate of drug-likeness (QED) is 0.771. The van der Waals surface area contributed by atoms with Crippen molar-refractivity contribution in [3.8, 4) is 0 Å². The molecule has 22 heavy (non-hydrogen) atoms. The fourth-order valence-electron chi connectivity index (χ4n) is 2.23. The van der Waals surface area contributed by atoms with Crippen molar-refractivity contribution < 1.29 is 4.79 Å². The average Bonchev–Trinajstić information content (AvgIpc) is 3.03. The molecule has 3 rings (SSSR count). The molecule has 7 nitrogen and oxygen atoms in total. The van der Waals surface area contributed by atoms with Gasteiger partial charge in [-0.1, -0.05) is 0 Å². The lowest BCUT2D eigenvalue weighted by Crippen LogP contribution is -2.39. The van der Waals surface area contributed by atoms with Crippen LogP contribution in [-0.2, 0) is 4.79 Å². The molecule has 116 valence electrons. The number of carbonyl (C=O) groups excluding carboxylic acids is 1. The van der Waals surface area contributed by atoms with Gasteiger partial charge >= 0.3 is 0 Å².